The van der Waals surface area contributed by atoms with Crippen molar-refractivity contribution in [3.05, 3.63) is 29.7 Å². The normalized spacial score (nSPS) is 16.8. The number of anilines is 1. The first kappa shape index (κ1) is 16.5. The van der Waals surface area contributed by atoms with E-state index in [0.29, 0.717) is 24.6 Å². The Balaban J connectivity index is 1.64. The van der Waals surface area contributed by atoms with E-state index < -0.39 is 0 Å². The van der Waals surface area contributed by atoms with Crippen LogP contribution in [0.15, 0.2) is 22.7 Å². The number of rotatable bonds is 3. The van der Waals surface area contributed by atoms with Crippen molar-refractivity contribution in [1.29, 1.82) is 5.26 Å². The number of nitrogens with one attached hydrogen (secondary N) is 1. The molecule has 0 aliphatic carbocycles. The predicted molar refractivity (Wildman–Crippen MR) is 98.5 cm³/mol. The average Bonchev–Trinajstić information content (AvgIpc) is 3.33. The SMILES string of the molecule is Cc1noc(C)c1-c1cccc2nc(NC(=O)C3CCN(C#N)C3)sc12. The molecule has 4 rings (SSSR count). The third kappa shape index (κ3) is 2.80. The number of hydrogen-bond donors (Lipinski definition) is 1. The number of thiazole rings is 1. The lowest BCUT2D eigenvalue weighted by Crippen LogP contribution is -2.25. The Kier molecular flexibility index (Phi) is 4.09. The number of likely N-dealkylation sites (tertiary alicyclic amines) is 1. The highest BCUT2D eigenvalue weighted by molar-refractivity contribution is 7.22. The number of amides is 1. The van der Waals surface area contributed by atoms with Gasteiger partial charge in [0.15, 0.2) is 11.3 Å². The summed E-state index contributed by atoms with van der Waals surface area (Å²) in [6, 6.07) is 5.88. The molecule has 3 heterocycles. The van der Waals surface area contributed by atoms with Crippen molar-refractivity contribution in [2.75, 3.05) is 18.4 Å². The minimum absolute atomic E-state index is 0.0827. The Labute approximate surface area is 154 Å². The van der Waals surface area contributed by atoms with Gasteiger partial charge in [0.2, 0.25) is 5.91 Å². The van der Waals surface area contributed by atoms with Crippen LogP contribution in [0.2, 0.25) is 0 Å². The first-order chi connectivity index (χ1) is 12.6. The van der Waals surface area contributed by atoms with Gasteiger partial charge in [-0.1, -0.05) is 28.6 Å². The molecule has 0 radical (unpaired) electrons. The second-order valence-electron chi connectivity index (χ2n) is 6.39. The average molecular weight is 367 g/mol. The monoisotopic (exact) mass is 367 g/mol. The molecule has 1 N–H and O–H groups in total. The number of carbonyl (C=O) groups excluding carboxylic acids is 1. The van der Waals surface area contributed by atoms with Crippen LogP contribution in [0.1, 0.15) is 17.9 Å². The molecule has 0 spiro atoms. The van der Waals surface area contributed by atoms with Crippen molar-refractivity contribution in [3.63, 3.8) is 0 Å². The highest BCUT2D eigenvalue weighted by atomic mass is 32.1. The Hall–Kier alpha value is -2.92. The molecule has 8 heteroatoms. The topological polar surface area (TPSA) is 95.1 Å². The molecule has 3 aromatic rings. The Morgan fingerprint density at radius 1 is 1.46 bits per heavy atom. The van der Waals surface area contributed by atoms with Crippen LogP contribution in [0.4, 0.5) is 5.13 Å². The van der Waals surface area contributed by atoms with E-state index in [1.807, 2.05) is 32.0 Å². The fourth-order valence-electron chi connectivity index (χ4n) is 3.34. The van der Waals surface area contributed by atoms with Gasteiger partial charge in [0.25, 0.3) is 0 Å². The molecular weight excluding hydrogens is 350 g/mol. The summed E-state index contributed by atoms with van der Waals surface area (Å²) in [6.07, 6.45) is 2.78. The van der Waals surface area contributed by atoms with Gasteiger partial charge in [-0.25, -0.2) is 4.98 Å². The Morgan fingerprint density at radius 2 is 2.31 bits per heavy atom. The van der Waals surface area contributed by atoms with E-state index in [0.717, 1.165) is 32.8 Å². The molecule has 132 valence electrons. The lowest BCUT2D eigenvalue weighted by Gasteiger charge is -2.08. The second-order valence-corrected chi connectivity index (χ2v) is 7.39. The molecule has 1 saturated heterocycles. The zero-order valence-electron chi connectivity index (χ0n) is 14.4. The molecule has 7 nitrogen and oxygen atoms in total. The van der Waals surface area contributed by atoms with Gasteiger partial charge in [0.1, 0.15) is 5.76 Å². The molecule has 1 aromatic carbocycles. The van der Waals surface area contributed by atoms with E-state index in [2.05, 4.69) is 21.7 Å². The lowest BCUT2D eigenvalue weighted by molar-refractivity contribution is -0.119. The number of hydrogen-bond acceptors (Lipinski definition) is 7. The van der Waals surface area contributed by atoms with Gasteiger partial charge in [-0.15, -0.1) is 0 Å². The third-order valence-electron chi connectivity index (χ3n) is 4.65. The number of nitriles is 1. The van der Waals surface area contributed by atoms with Crippen molar-refractivity contribution in [2.45, 2.75) is 20.3 Å². The van der Waals surface area contributed by atoms with E-state index in [9.17, 15) is 4.79 Å². The summed E-state index contributed by atoms with van der Waals surface area (Å²) < 4.78 is 6.28. The number of aryl methyl sites for hydroxylation is 2. The molecule has 26 heavy (non-hydrogen) atoms. The summed E-state index contributed by atoms with van der Waals surface area (Å²) in [6.45, 7) is 4.90. The quantitative estimate of drug-likeness (QED) is 0.714. The number of fused-ring (bicyclic) bond motifs is 1. The van der Waals surface area contributed by atoms with Gasteiger partial charge < -0.3 is 14.7 Å². The highest BCUT2D eigenvalue weighted by Gasteiger charge is 2.28. The molecular formula is C18H17N5O2S. The molecule has 1 fully saturated rings. The van der Waals surface area contributed by atoms with Gasteiger partial charge in [0.05, 0.1) is 21.8 Å². The summed E-state index contributed by atoms with van der Waals surface area (Å²) in [7, 11) is 0. The summed E-state index contributed by atoms with van der Waals surface area (Å²) >= 11 is 1.44. The Bertz CT molecular complexity index is 1010. The van der Waals surface area contributed by atoms with Gasteiger partial charge in [0, 0.05) is 24.2 Å². The summed E-state index contributed by atoms with van der Waals surface area (Å²) in [5.41, 5.74) is 3.63. The van der Waals surface area contributed by atoms with Crippen molar-refractivity contribution < 1.29 is 9.32 Å². The summed E-state index contributed by atoms with van der Waals surface area (Å²) in [4.78, 5) is 18.6. The predicted octanol–water partition coefficient (Wildman–Crippen LogP) is 3.31. The van der Waals surface area contributed by atoms with E-state index in [1.165, 1.54) is 11.3 Å². The van der Waals surface area contributed by atoms with Crippen molar-refractivity contribution >= 4 is 32.6 Å². The zero-order valence-corrected chi connectivity index (χ0v) is 15.3. The number of benzene rings is 1. The molecule has 1 amide bonds. The molecule has 0 saturated carbocycles. The van der Waals surface area contributed by atoms with E-state index in [-0.39, 0.29) is 11.8 Å². The minimum Gasteiger partial charge on any atom is -0.361 e. The van der Waals surface area contributed by atoms with E-state index >= 15 is 0 Å². The fourth-order valence-corrected chi connectivity index (χ4v) is 4.33. The van der Waals surface area contributed by atoms with Crippen LogP contribution in [0, 0.1) is 31.2 Å². The largest absolute Gasteiger partial charge is 0.361 e. The fraction of sp³-hybridized carbons (Fsp3) is 0.333. The van der Waals surface area contributed by atoms with Crippen LogP contribution in [-0.2, 0) is 4.79 Å². The van der Waals surface area contributed by atoms with Crippen LogP contribution in [0.3, 0.4) is 0 Å². The number of nitrogens with zero attached hydrogens (tertiary/aromatic N) is 4. The Morgan fingerprint density at radius 3 is 3.00 bits per heavy atom. The molecule has 1 atom stereocenters. The van der Waals surface area contributed by atoms with Crippen LogP contribution in [-0.4, -0.2) is 34.0 Å². The van der Waals surface area contributed by atoms with Crippen LogP contribution < -0.4 is 5.32 Å². The van der Waals surface area contributed by atoms with Crippen molar-refractivity contribution in [1.82, 2.24) is 15.0 Å². The lowest BCUT2D eigenvalue weighted by atomic mass is 10.0. The molecule has 1 aliphatic heterocycles. The zero-order chi connectivity index (χ0) is 18.3. The molecule has 2 aromatic heterocycles. The summed E-state index contributed by atoms with van der Waals surface area (Å²) in [5, 5.41) is 16.5. The van der Waals surface area contributed by atoms with E-state index in [1.54, 1.807) is 4.90 Å². The van der Waals surface area contributed by atoms with Crippen molar-refractivity contribution in [2.24, 2.45) is 5.92 Å². The standard InChI is InChI=1S/C18H17N5O2S/c1-10-15(11(2)25-22-10)13-4-3-5-14-16(13)26-18(20-14)21-17(24)12-6-7-23(8-12)9-19/h3-5,12H,6-8H2,1-2H3,(H,20,21,24). The van der Waals surface area contributed by atoms with Gasteiger partial charge in [-0.3, -0.25) is 4.79 Å². The summed E-state index contributed by atoms with van der Waals surface area (Å²) in [5.74, 6) is 0.501. The van der Waals surface area contributed by atoms with Crippen molar-refractivity contribution in [3.8, 4) is 17.3 Å². The van der Waals surface area contributed by atoms with E-state index in [4.69, 9.17) is 9.78 Å². The maximum atomic E-state index is 12.5. The van der Waals surface area contributed by atoms with Crippen LogP contribution >= 0.6 is 11.3 Å². The van der Waals surface area contributed by atoms with Gasteiger partial charge in [-0.05, 0) is 26.3 Å². The third-order valence-corrected chi connectivity index (χ3v) is 5.67. The molecule has 1 aliphatic rings. The first-order valence-electron chi connectivity index (χ1n) is 8.35. The van der Waals surface area contributed by atoms with Gasteiger partial charge in [-0.2, -0.15) is 5.26 Å². The molecule has 1 unspecified atom stereocenters. The second kappa shape index (κ2) is 6.42. The van der Waals surface area contributed by atoms with Gasteiger partial charge >= 0.3 is 0 Å². The maximum Gasteiger partial charge on any atom is 0.231 e. The van der Waals surface area contributed by atoms with Crippen LogP contribution in [0.5, 0.6) is 0 Å². The maximum absolute atomic E-state index is 12.5. The minimum atomic E-state index is -0.177. The number of aromatic nitrogens is 2. The highest BCUT2D eigenvalue weighted by Crippen LogP contribution is 2.37. The first-order valence-corrected chi connectivity index (χ1v) is 9.17. The molecule has 0 bridgehead atoms. The van der Waals surface area contributed by atoms with Crippen LogP contribution in [0.25, 0.3) is 21.3 Å². The number of carbonyl (C=O) groups is 1. The smallest absolute Gasteiger partial charge is 0.231 e.